The quantitative estimate of drug-likeness (QED) is 0.773. The molecule has 2 amide bonds. The monoisotopic (exact) mass is 415 g/mol. The highest BCUT2D eigenvalue weighted by Gasteiger charge is 2.22. The molecule has 0 aliphatic carbocycles. The number of benzene rings is 2. The number of esters is 2. The van der Waals surface area contributed by atoms with Crippen molar-refractivity contribution in [2.24, 2.45) is 0 Å². The Labute approximate surface area is 173 Å². The van der Waals surface area contributed by atoms with Crippen molar-refractivity contribution < 1.29 is 28.2 Å². The maximum absolute atomic E-state index is 13.1. The number of piperazine rings is 1. The maximum atomic E-state index is 13.1. The molecule has 0 spiro atoms. The highest BCUT2D eigenvalue weighted by Crippen LogP contribution is 2.20. The molecule has 2 aromatic rings. The van der Waals surface area contributed by atoms with Crippen molar-refractivity contribution in [1.82, 2.24) is 4.90 Å². The molecule has 8 nitrogen and oxygen atoms in total. The standard InChI is InChI=1S/C21H22FN3O5/c1-29-19(26)14-11-15(20(27)30-2)13-17(12-14)23-21(28)25-9-7-24(8-10-25)18-5-3-16(22)4-6-18/h3-6,11-13H,7-10H2,1-2H3,(H,23,28). The first-order valence-electron chi connectivity index (χ1n) is 9.29. The van der Waals surface area contributed by atoms with Crippen LogP contribution in [0.4, 0.5) is 20.6 Å². The predicted octanol–water partition coefficient (Wildman–Crippen LogP) is 2.75. The minimum absolute atomic E-state index is 0.122. The summed E-state index contributed by atoms with van der Waals surface area (Å²) in [6, 6.07) is 10.1. The second kappa shape index (κ2) is 9.25. The summed E-state index contributed by atoms with van der Waals surface area (Å²) >= 11 is 0. The van der Waals surface area contributed by atoms with Crippen molar-refractivity contribution in [3.05, 3.63) is 59.4 Å². The average molecular weight is 415 g/mol. The van der Waals surface area contributed by atoms with Crippen LogP contribution in [0, 0.1) is 5.82 Å². The molecule has 0 radical (unpaired) electrons. The first-order chi connectivity index (χ1) is 14.4. The van der Waals surface area contributed by atoms with E-state index in [1.807, 2.05) is 0 Å². The first kappa shape index (κ1) is 21.1. The third-order valence-electron chi connectivity index (χ3n) is 4.79. The molecule has 9 heteroatoms. The lowest BCUT2D eigenvalue weighted by atomic mass is 10.1. The summed E-state index contributed by atoms with van der Waals surface area (Å²) in [5.74, 6) is -1.56. The summed E-state index contributed by atoms with van der Waals surface area (Å²) < 4.78 is 22.5. The van der Waals surface area contributed by atoms with Gasteiger partial charge in [-0.15, -0.1) is 0 Å². The van der Waals surface area contributed by atoms with Crippen molar-refractivity contribution in [2.75, 3.05) is 50.6 Å². The van der Waals surface area contributed by atoms with E-state index in [2.05, 4.69) is 10.2 Å². The predicted molar refractivity (Wildman–Crippen MR) is 108 cm³/mol. The van der Waals surface area contributed by atoms with Gasteiger partial charge in [-0.05, 0) is 42.5 Å². The Bertz CT molecular complexity index is 906. The molecule has 1 aliphatic heterocycles. The van der Waals surface area contributed by atoms with Crippen LogP contribution in [-0.4, -0.2) is 63.3 Å². The number of carbonyl (C=O) groups excluding carboxylic acids is 3. The van der Waals surface area contributed by atoms with Gasteiger partial charge in [-0.3, -0.25) is 0 Å². The van der Waals surface area contributed by atoms with E-state index in [-0.39, 0.29) is 28.7 Å². The molecule has 1 heterocycles. The van der Waals surface area contributed by atoms with E-state index in [9.17, 15) is 18.8 Å². The molecular weight excluding hydrogens is 393 g/mol. The third kappa shape index (κ3) is 4.86. The van der Waals surface area contributed by atoms with Crippen molar-refractivity contribution in [2.45, 2.75) is 0 Å². The van der Waals surface area contributed by atoms with E-state index >= 15 is 0 Å². The van der Waals surface area contributed by atoms with Crippen LogP contribution >= 0.6 is 0 Å². The van der Waals surface area contributed by atoms with Gasteiger partial charge in [0.05, 0.1) is 25.3 Å². The lowest BCUT2D eigenvalue weighted by Crippen LogP contribution is -2.50. The second-order valence-corrected chi connectivity index (χ2v) is 6.66. The number of hydrogen-bond donors (Lipinski definition) is 1. The lowest BCUT2D eigenvalue weighted by molar-refractivity contribution is 0.0599. The van der Waals surface area contributed by atoms with Crippen molar-refractivity contribution in [1.29, 1.82) is 0 Å². The van der Waals surface area contributed by atoms with Crippen LogP contribution in [0.2, 0.25) is 0 Å². The molecule has 0 atom stereocenters. The number of halogens is 1. The van der Waals surface area contributed by atoms with E-state index in [0.717, 1.165) is 5.69 Å². The highest BCUT2D eigenvalue weighted by molar-refractivity contribution is 5.99. The molecule has 30 heavy (non-hydrogen) atoms. The van der Waals surface area contributed by atoms with Gasteiger partial charge in [0.2, 0.25) is 0 Å². The summed E-state index contributed by atoms with van der Waals surface area (Å²) in [5.41, 5.74) is 1.42. The van der Waals surface area contributed by atoms with Gasteiger partial charge in [0, 0.05) is 37.6 Å². The maximum Gasteiger partial charge on any atom is 0.337 e. The van der Waals surface area contributed by atoms with Crippen LogP contribution in [0.3, 0.4) is 0 Å². The lowest BCUT2D eigenvalue weighted by Gasteiger charge is -2.36. The number of ether oxygens (including phenoxy) is 2. The molecule has 1 aliphatic rings. The average Bonchev–Trinajstić information content (AvgIpc) is 2.78. The number of nitrogens with one attached hydrogen (secondary N) is 1. The van der Waals surface area contributed by atoms with Gasteiger partial charge in [-0.25, -0.2) is 18.8 Å². The molecule has 158 valence electrons. The van der Waals surface area contributed by atoms with E-state index in [1.165, 1.54) is 44.6 Å². The SMILES string of the molecule is COC(=O)c1cc(NC(=O)N2CCN(c3ccc(F)cc3)CC2)cc(C(=O)OC)c1. The number of hydrogen-bond acceptors (Lipinski definition) is 6. The minimum Gasteiger partial charge on any atom is -0.465 e. The van der Waals surface area contributed by atoms with E-state index in [1.54, 1.807) is 17.0 Å². The molecule has 0 aromatic heterocycles. The van der Waals surface area contributed by atoms with Gasteiger partial charge >= 0.3 is 18.0 Å². The van der Waals surface area contributed by atoms with Crippen LogP contribution in [-0.2, 0) is 9.47 Å². The largest absolute Gasteiger partial charge is 0.465 e. The number of methoxy groups -OCH3 is 2. The van der Waals surface area contributed by atoms with Gasteiger partial charge in [-0.1, -0.05) is 0 Å². The van der Waals surface area contributed by atoms with Gasteiger partial charge < -0.3 is 24.6 Å². The van der Waals surface area contributed by atoms with Crippen LogP contribution in [0.25, 0.3) is 0 Å². The smallest absolute Gasteiger partial charge is 0.337 e. The number of rotatable bonds is 4. The number of nitrogens with zero attached hydrogens (tertiary/aromatic N) is 2. The van der Waals surface area contributed by atoms with Crippen LogP contribution in [0.5, 0.6) is 0 Å². The summed E-state index contributed by atoms with van der Waals surface area (Å²) in [4.78, 5) is 40.1. The minimum atomic E-state index is -0.635. The third-order valence-corrected chi connectivity index (χ3v) is 4.79. The molecule has 3 rings (SSSR count). The van der Waals surface area contributed by atoms with Crippen molar-refractivity contribution >= 4 is 29.3 Å². The van der Waals surface area contributed by atoms with Crippen LogP contribution in [0.15, 0.2) is 42.5 Å². The van der Waals surface area contributed by atoms with E-state index in [4.69, 9.17) is 9.47 Å². The highest BCUT2D eigenvalue weighted by atomic mass is 19.1. The molecule has 0 unspecified atom stereocenters. The normalized spacial score (nSPS) is 13.6. The topological polar surface area (TPSA) is 88.2 Å². The van der Waals surface area contributed by atoms with Gasteiger partial charge in [-0.2, -0.15) is 0 Å². The zero-order valence-corrected chi connectivity index (χ0v) is 16.7. The fraction of sp³-hybridized carbons (Fsp3) is 0.286. The molecule has 1 saturated heterocycles. The van der Waals surface area contributed by atoms with Gasteiger partial charge in [0.15, 0.2) is 0 Å². The Morgan fingerprint density at radius 2 is 1.40 bits per heavy atom. The number of urea groups is 1. The zero-order valence-electron chi connectivity index (χ0n) is 16.7. The Kier molecular flexibility index (Phi) is 6.51. The summed E-state index contributed by atoms with van der Waals surface area (Å²) in [6.45, 7) is 2.11. The Balaban J connectivity index is 1.67. The molecule has 2 aromatic carbocycles. The molecule has 1 fully saturated rings. The van der Waals surface area contributed by atoms with Crippen molar-refractivity contribution in [3.63, 3.8) is 0 Å². The first-order valence-corrected chi connectivity index (χ1v) is 9.29. The number of carbonyl (C=O) groups is 3. The fourth-order valence-corrected chi connectivity index (χ4v) is 3.19. The summed E-state index contributed by atoms with van der Waals surface area (Å²) in [7, 11) is 2.46. The Hall–Kier alpha value is -3.62. The van der Waals surface area contributed by atoms with Gasteiger partial charge in [0.1, 0.15) is 5.82 Å². The Morgan fingerprint density at radius 3 is 1.90 bits per heavy atom. The van der Waals surface area contributed by atoms with E-state index in [0.29, 0.717) is 26.2 Å². The zero-order chi connectivity index (χ0) is 21.7. The molecule has 0 bridgehead atoms. The van der Waals surface area contributed by atoms with E-state index < -0.39 is 11.9 Å². The summed E-state index contributed by atoms with van der Waals surface area (Å²) in [5, 5.41) is 2.72. The van der Waals surface area contributed by atoms with Crippen LogP contribution in [0.1, 0.15) is 20.7 Å². The van der Waals surface area contributed by atoms with Crippen molar-refractivity contribution in [3.8, 4) is 0 Å². The van der Waals surface area contributed by atoms with Crippen LogP contribution < -0.4 is 10.2 Å². The molecule has 1 N–H and O–H groups in total. The second-order valence-electron chi connectivity index (χ2n) is 6.66. The molecular formula is C21H22FN3O5. The summed E-state index contributed by atoms with van der Waals surface area (Å²) in [6.07, 6.45) is 0. The Morgan fingerprint density at radius 1 is 0.867 bits per heavy atom. The van der Waals surface area contributed by atoms with Gasteiger partial charge in [0.25, 0.3) is 0 Å². The number of anilines is 2. The fourth-order valence-electron chi connectivity index (χ4n) is 3.19. The number of amides is 2. The molecule has 0 saturated carbocycles.